The molecule has 3 aromatic rings. The Morgan fingerprint density at radius 1 is 1.13 bits per heavy atom. The molecule has 0 unspecified atom stereocenters. The molecule has 4 rings (SSSR count). The Balaban J connectivity index is 1.56. The minimum atomic E-state index is -4.40. The minimum absolute atomic E-state index is 0.0251. The number of benzene rings is 1. The molecule has 2 aromatic heterocycles. The molecular weight excluding hydrogens is 393 g/mol. The van der Waals surface area contributed by atoms with Crippen LogP contribution in [0.2, 0.25) is 0 Å². The van der Waals surface area contributed by atoms with Crippen LogP contribution in [-0.2, 0) is 13.2 Å². The predicted molar refractivity (Wildman–Crippen MR) is 106 cm³/mol. The molecule has 3 heterocycles. The monoisotopic (exact) mass is 414 g/mol. The molecule has 1 aliphatic heterocycles. The molecule has 0 aliphatic carbocycles. The van der Waals surface area contributed by atoms with E-state index in [1.807, 2.05) is 6.07 Å². The van der Waals surface area contributed by atoms with Gasteiger partial charge >= 0.3 is 6.18 Å². The quantitative estimate of drug-likeness (QED) is 0.633. The van der Waals surface area contributed by atoms with Crippen LogP contribution >= 0.6 is 0 Å². The molecular formula is C22H21F3N4O. The van der Waals surface area contributed by atoms with Gasteiger partial charge in [0.25, 0.3) is 5.91 Å². The molecule has 1 amide bonds. The summed E-state index contributed by atoms with van der Waals surface area (Å²) < 4.78 is 40.7. The smallest absolute Gasteiger partial charge is 0.337 e. The lowest BCUT2D eigenvalue weighted by atomic mass is 9.93. The summed E-state index contributed by atoms with van der Waals surface area (Å²) in [5, 5.41) is 4.18. The molecule has 0 spiro atoms. The first-order chi connectivity index (χ1) is 14.3. The second-order valence-electron chi connectivity index (χ2n) is 7.49. The molecule has 156 valence electrons. The van der Waals surface area contributed by atoms with Crippen molar-refractivity contribution in [3.63, 3.8) is 0 Å². The number of piperidine rings is 1. The standard InChI is InChI=1S/C22H21F3N4O/c1-28-12-10-20(27-28)21(30)29-11-4-6-16(14-29)19-9-3-8-18(26-19)15-5-2-7-17(13-15)22(23,24)25/h2-3,5,7-10,12-13,16H,4,6,11,14H2,1H3/t16-/m1/s1. The molecule has 30 heavy (non-hydrogen) atoms. The zero-order chi connectivity index (χ0) is 21.3. The van der Waals surface area contributed by atoms with Crippen molar-refractivity contribution >= 4 is 5.91 Å². The minimum Gasteiger partial charge on any atom is -0.337 e. The molecule has 1 aliphatic rings. The van der Waals surface area contributed by atoms with Gasteiger partial charge in [-0.1, -0.05) is 18.2 Å². The largest absolute Gasteiger partial charge is 0.416 e. The Morgan fingerprint density at radius 3 is 2.67 bits per heavy atom. The fourth-order valence-corrected chi connectivity index (χ4v) is 3.79. The SMILES string of the molecule is Cn1ccc(C(=O)N2CCC[C@@H](c3cccc(-c4cccc(C(F)(F)F)c4)n3)C2)n1. The first-order valence-electron chi connectivity index (χ1n) is 9.75. The predicted octanol–water partition coefficient (Wildman–Crippen LogP) is 4.52. The fourth-order valence-electron chi connectivity index (χ4n) is 3.79. The van der Waals surface area contributed by atoms with Gasteiger partial charge in [0.1, 0.15) is 5.69 Å². The number of rotatable bonds is 3. The zero-order valence-corrected chi connectivity index (χ0v) is 16.4. The zero-order valence-electron chi connectivity index (χ0n) is 16.4. The number of likely N-dealkylation sites (tertiary alicyclic amines) is 1. The van der Waals surface area contributed by atoms with E-state index in [-0.39, 0.29) is 11.8 Å². The molecule has 0 bridgehead atoms. The van der Waals surface area contributed by atoms with Crippen LogP contribution in [0.25, 0.3) is 11.3 Å². The van der Waals surface area contributed by atoms with Crippen molar-refractivity contribution < 1.29 is 18.0 Å². The van der Waals surface area contributed by atoms with Gasteiger partial charge in [0.05, 0.1) is 11.3 Å². The van der Waals surface area contributed by atoms with Crippen molar-refractivity contribution in [2.75, 3.05) is 13.1 Å². The molecule has 0 saturated carbocycles. The maximum absolute atomic E-state index is 13.0. The van der Waals surface area contributed by atoms with E-state index in [2.05, 4.69) is 10.1 Å². The number of aromatic nitrogens is 3. The van der Waals surface area contributed by atoms with Crippen LogP contribution in [-0.4, -0.2) is 38.7 Å². The number of hydrogen-bond acceptors (Lipinski definition) is 3. The third-order valence-electron chi connectivity index (χ3n) is 5.32. The summed E-state index contributed by atoms with van der Waals surface area (Å²) in [6, 6.07) is 12.3. The van der Waals surface area contributed by atoms with Crippen LogP contribution in [0.4, 0.5) is 13.2 Å². The van der Waals surface area contributed by atoms with E-state index in [1.165, 1.54) is 6.07 Å². The first kappa shape index (κ1) is 20.1. The van der Waals surface area contributed by atoms with Gasteiger partial charge < -0.3 is 4.90 Å². The van der Waals surface area contributed by atoms with Crippen LogP contribution in [0.1, 0.15) is 40.5 Å². The number of aryl methyl sites for hydroxylation is 1. The second kappa shape index (κ2) is 7.93. The Kier molecular flexibility index (Phi) is 5.32. The Morgan fingerprint density at radius 2 is 1.93 bits per heavy atom. The molecule has 1 aromatic carbocycles. The molecule has 5 nitrogen and oxygen atoms in total. The van der Waals surface area contributed by atoms with Crippen LogP contribution in [0, 0.1) is 0 Å². The molecule has 0 radical (unpaired) electrons. The maximum Gasteiger partial charge on any atom is 0.416 e. The van der Waals surface area contributed by atoms with E-state index in [9.17, 15) is 18.0 Å². The number of pyridine rings is 1. The summed E-state index contributed by atoms with van der Waals surface area (Å²) in [6.07, 6.45) is -0.970. The number of carbonyl (C=O) groups excluding carboxylic acids is 1. The number of hydrogen-bond donors (Lipinski definition) is 0. The van der Waals surface area contributed by atoms with Crippen LogP contribution < -0.4 is 0 Å². The van der Waals surface area contributed by atoms with Gasteiger partial charge in [0.2, 0.25) is 0 Å². The first-order valence-corrected chi connectivity index (χ1v) is 9.75. The number of nitrogens with zero attached hydrogens (tertiary/aromatic N) is 4. The number of alkyl halides is 3. The highest BCUT2D eigenvalue weighted by Gasteiger charge is 2.31. The summed E-state index contributed by atoms with van der Waals surface area (Å²) >= 11 is 0. The molecule has 1 fully saturated rings. The average Bonchev–Trinajstić information content (AvgIpc) is 3.19. The van der Waals surface area contributed by atoms with E-state index in [1.54, 1.807) is 47.1 Å². The van der Waals surface area contributed by atoms with E-state index in [0.29, 0.717) is 30.0 Å². The third kappa shape index (κ3) is 4.22. The maximum atomic E-state index is 13.0. The lowest BCUT2D eigenvalue weighted by Crippen LogP contribution is -2.39. The summed E-state index contributed by atoms with van der Waals surface area (Å²) in [4.78, 5) is 19.1. The van der Waals surface area contributed by atoms with Crippen molar-refractivity contribution in [1.29, 1.82) is 0 Å². The van der Waals surface area contributed by atoms with Crippen molar-refractivity contribution in [2.24, 2.45) is 7.05 Å². The van der Waals surface area contributed by atoms with Gasteiger partial charge in [-0.05, 0) is 43.2 Å². The molecule has 0 N–H and O–H groups in total. The van der Waals surface area contributed by atoms with Gasteiger partial charge in [-0.25, -0.2) is 0 Å². The Bertz CT molecular complexity index is 1060. The number of halogens is 3. The van der Waals surface area contributed by atoms with Crippen molar-refractivity contribution in [1.82, 2.24) is 19.7 Å². The van der Waals surface area contributed by atoms with Gasteiger partial charge in [0, 0.05) is 43.5 Å². The summed E-state index contributed by atoms with van der Waals surface area (Å²) in [5.41, 5.74) is 1.40. The third-order valence-corrected chi connectivity index (χ3v) is 5.32. The van der Waals surface area contributed by atoms with Gasteiger partial charge in [0.15, 0.2) is 0 Å². The second-order valence-corrected chi connectivity index (χ2v) is 7.49. The number of carbonyl (C=O) groups is 1. The Hall–Kier alpha value is -3.16. The highest BCUT2D eigenvalue weighted by Crippen LogP contribution is 2.33. The van der Waals surface area contributed by atoms with E-state index < -0.39 is 11.7 Å². The van der Waals surface area contributed by atoms with Crippen LogP contribution in [0.5, 0.6) is 0 Å². The summed E-state index contributed by atoms with van der Waals surface area (Å²) in [5.74, 6) is -0.0912. The normalized spacial score (nSPS) is 17.2. The van der Waals surface area contributed by atoms with Crippen molar-refractivity contribution in [3.05, 3.63) is 71.7 Å². The average molecular weight is 414 g/mol. The lowest BCUT2D eigenvalue weighted by Gasteiger charge is -2.32. The highest BCUT2D eigenvalue weighted by molar-refractivity contribution is 5.92. The van der Waals surface area contributed by atoms with E-state index in [4.69, 9.17) is 0 Å². The van der Waals surface area contributed by atoms with E-state index in [0.717, 1.165) is 30.7 Å². The van der Waals surface area contributed by atoms with Crippen molar-refractivity contribution in [3.8, 4) is 11.3 Å². The molecule has 1 atom stereocenters. The summed E-state index contributed by atoms with van der Waals surface area (Å²) in [6.45, 7) is 1.16. The van der Waals surface area contributed by atoms with Gasteiger partial charge in [-0.3, -0.25) is 14.5 Å². The van der Waals surface area contributed by atoms with Crippen LogP contribution in [0.3, 0.4) is 0 Å². The van der Waals surface area contributed by atoms with Gasteiger partial charge in [-0.2, -0.15) is 18.3 Å². The fraction of sp³-hybridized carbons (Fsp3) is 0.318. The lowest BCUT2D eigenvalue weighted by molar-refractivity contribution is -0.137. The molecule has 8 heteroatoms. The Labute approximate surface area is 172 Å². The number of amides is 1. The molecule has 1 saturated heterocycles. The van der Waals surface area contributed by atoms with Crippen molar-refractivity contribution in [2.45, 2.75) is 24.9 Å². The topological polar surface area (TPSA) is 51.0 Å². The van der Waals surface area contributed by atoms with Gasteiger partial charge in [-0.15, -0.1) is 0 Å². The van der Waals surface area contributed by atoms with E-state index >= 15 is 0 Å². The summed E-state index contributed by atoms with van der Waals surface area (Å²) in [7, 11) is 1.76. The highest BCUT2D eigenvalue weighted by atomic mass is 19.4. The van der Waals surface area contributed by atoms with Crippen LogP contribution in [0.15, 0.2) is 54.7 Å².